The lowest BCUT2D eigenvalue weighted by molar-refractivity contribution is -0.138. The number of carbonyl (C=O) groups excluding carboxylic acids is 1. The third-order valence-corrected chi connectivity index (χ3v) is 6.05. The van der Waals surface area contributed by atoms with Crippen molar-refractivity contribution >= 4 is 16.8 Å². The first-order valence-corrected chi connectivity index (χ1v) is 10.8. The molecule has 34 heavy (non-hydrogen) atoms. The number of fused-ring (bicyclic) bond motifs is 1. The molecule has 10 heteroatoms. The number of aryl methyl sites for hydroxylation is 1. The van der Waals surface area contributed by atoms with Crippen molar-refractivity contribution in [3.8, 4) is 11.3 Å². The zero-order valence-corrected chi connectivity index (χ0v) is 18.1. The van der Waals surface area contributed by atoms with Crippen molar-refractivity contribution < 1.29 is 18.0 Å². The summed E-state index contributed by atoms with van der Waals surface area (Å²) in [5.74, 6) is -0.972. The van der Waals surface area contributed by atoms with Gasteiger partial charge in [-0.3, -0.25) is 19.9 Å². The van der Waals surface area contributed by atoms with Crippen molar-refractivity contribution in [1.82, 2.24) is 30.8 Å². The second-order valence-electron chi connectivity index (χ2n) is 8.30. The van der Waals surface area contributed by atoms with Crippen LogP contribution in [0.4, 0.5) is 13.2 Å². The first-order valence-electron chi connectivity index (χ1n) is 10.8. The predicted molar refractivity (Wildman–Crippen MR) is 120 cm³/mol. The molecule has 4 aromatic rings. The average molecular weight is 466 g/mol. The van der Waals surface area contributed by atoms with Crippen LogP contribution < -0.4 is 10.6 Å². The summed E-state index contributed by atoms with van der Waals surface area (Å²) in [4.78, 5) is 21.4. The number of amides is 1. The summed E-state index contributed by atoms with van der Waals surface area (Å²) in [5.41, 5.74) is 2.70. The van der Waals surface area contributed by atoms with Gasteiger partial charge in [0.05, 0.1) is 11.1 Å². The molecule has 0 unspecified atom stereocenters. The molecule has 0 bridgehead atoms. The average Bonchev–Trinajstić information content (AvgIpc) is 3.45. The summed E-state index contributed by atoms with van der Waals surface area (Å²) in [6.07, 6.45) is -1.20. The van der Waals surface area contributed by atoms with E-state index in [1.807, 2.05) is 19.1 Å². The molecule has 4 heterocycles. The van der Waals surface area contributed by atoms with E-state index in [1.165, 1.54) is 12.1 Å². The number of hydrogen-bond acceptors (Lipinski definition) is 5. The highest BCUT2D eigenvalue weighted by Crippen LogP contribution is 2.37. The Morgan fingerprint density at radius 1 is 1.12 bits per heavy atom. The van der Waals surface area contributed by atoms with Crippen LogP contribution in [0.3, 0.4) is 0 Å². The van der Waals surface area contributed by atoms with E-state index in [1.54, 1.807) is 24.5 Å². The van der Waals surface area contributed by atoms with Gasteiger partial charge >= 0.3 is 6.18 Å². The Balaban J connectivity index is 1.39. The van der Waals surface area contributed by atoms with E-state index in [2.05, 4.69) is 30.8 Å². The highest BCUT2D eigenvalue weighted by Gasteiger charge is 2.39. The highest BCUT2D eigenvalue weighted by molar-refractivity contribution is 5.99. The molecule has 1 aliphatic heterocycles. The maximum Gasteiger partial charge on any atom is 0.416 e. The third kappa shape index (κ3) is 4.12. The fourth-order valence-electron chi connectivity index (χ4n) is 4.43. The van der Waals surface area contributed by atoms with E-state index in [4.69, 9.17) is 0 Å². The fourth-order valence-corrected chi connectivity index (χ4v) is 4.43. The number of carbonyl (C=O) groups is 1. The fraction of sp³-hybridized carbons (Fsp3) is 0.250. The van der Waals surface area contributed by atoms with E-state index in [9.17, 15) is 18.0 Å². The quantitative estimate of drug-likeness (QED) is 0.425. The van der Waals surface area contributed by atoms with Crippen molar-refractivity contribution in [3.05, 3.63) is 77.4 Å². The standard InChI is InChI=1S/C24H21F3N6O/c1-13-8-14(6-7-29-13)22-17-11-30-20(9-19(17)32-33-22)23(34)31-21-12-28-10-16(21)15-4-2-3-5-18(15)24(25,26)27/h2-9,11,16,21,28H,10,12H2,1H3,(H,31,34)(H,32,33)/t16-,21+/m0/s1. The van der Waals surface area contributed by atoms with E-state index >= 15 is 0 Å². The van der Waals surface area contributed by atoms with E-state index in [0.29, 0.717) is 24.3 Å². The smallest absolute Gasteiger partial charge is 0.346 e. The summed E-state index contributed by atoms with van der Waals surface area (Å²) >= 11 is 0. The van der Waals surface area contributed by atoms with Gasteiger partial charge in [0.15, 0.2) is 0 Å². The van der Waals surface area contributed by atoms with Crippen LogP contribution in [0.15, 0.2) is 54.9 Å². The lowest BCUT2D eigenvalue weighted by Gasteiger charge is -2.23. The van der Waals surface area contributed by atoms with Crippen molar-refractivity contribution in [2.45, 2.75) is 25.1 Å². The van der Waals surface area contributed by atoms with Gasteiger partial charge in [-0.1, -0.05) is 18.2 Å². The molecule has 0 radical (unpaired) electrons. The second-order valence-corrected chi connectivity index (χ2v) is 8.30. The third-order valence-electron chi connectivity index (χ3n) is 6.05. The minimum absolute atomic E-state index is 0.156. The first-order chi connectivity index (χ1) is 16.3. The van der Waals surface area contributed by atoms with Gasteiger partial charge in [-0.25, -0.2) is 0 Å². The lowest BCUT2D eigenvalue weighted by Crippen LogP contribution is -2.40. The number of nitrogens with one attached hydrogen (secondary N) is 3. The zero-order valence-electron chi connectivity index (χ0n) is 18.1. The Hall–Kier alpha value is -3.79. The summed E-state index contributed by atoms with van der Waals surface area (Å²) in [6.45, 7) is 2.58. The Labute approximate surface area is 192 Å². The van der Waals surface area contributed by atoms with Crippen LogP contribution in [-0.4, -0.2) is 45.2 Å². The van der Waals surface area contributed by atoms with Gasteiger partial charge in [0, 0.05) is 54.1 Å². The SMILES string of the molecule is Cc1cc(-c2n[nH]c3cc(C(=O)N[C@@H]4CNC[C@H]4c4ccccc4C(F)(F)F)ncc23)ccn1. The van der Waals surface area contributed by atoms with Crippen molar-refractivity contribution in [3.63, 3.8) is 0 Å². The number of H-pyrrole nitrogens is 1. The van der Waals surface area contributed by atoms with E-state index in [-0.39, 0.29) is 11.3 Å². The lowest BCUT2D eigenvalue weighted by atomic mass is 9.90. The van der Waals surface area contributed by atoms with Crippen LogP contribution in [0.2, 0.25) is 0 Å². The van der Waals surface area contributed by atoms with Crippen molar-refractivity contribution in [2.24, 2.45) is 0 Å². The maximum atomic E-state index is 13.5. The van der Waals surface area contributed by atoms with Crippen LogP contribution in [-0.2, 0) is 6.18 Å². The van der Waals surface area contributed by atoms with E-state index in [0.717, 1.165) is 22.7 Å². The number of rotatable bonds is 4. The Morgan fingerprint density at radius 2 is 1.94 bits per heavy atom. The van der Waals surface area contributed by atoms with Gasteiger partial charge < -0.3 is 10.6 Å². The Kier molecular flexibility index (Phi) is 5.52. The van der Waals surface area contributed by atoms with Gasteiger partial charge in [-0.2, -0.15) is 18.3 Å². The number of nitrogens with zero attached hydrogens (tertiary/aromatic N) is 3. The molecule has 5 rings (SSSR count). The van der Waals surface area contributed by atoms with Crippen LogP contribution in [0, 0.1) is 6.92 Å². The van der Waals surface area contributed by atoms with Crippen molar-refractivity contribution in [1.29, 1.82) is 0 Å². The molecule has 0 spiro atoms. The molecule has 0 saturated carbocycles. The number of halogens is 3. The van der Waals surface area contributed by atoms with Gasteiger partial charge in [-0.15, -0.1) is 0 Å². The van der Waals surface area contributed by atoms with Gasteiger partial charge in [-0.05, 0) is 36.8 Å². The number of alkyl halides is 3. The van der Waals surface area contributed by atoms with Crippen molar-refractivity contribution in [2.75, 3.05) is 13.1 Å². The Bertz CT molecular complexity index is 1370. The number of aromatic nitrogens is 4. The number of pyridine rings is 2. The molecule has 1 aliphatic rings. The monoisotopic (exact) mass is 466 g/mol. The summed E-state index contributed by atoms with van der Waals surface area (Å²) in [6, 6.07) is 10.3. The van der Waals surface area contributed by atoms with Gasteiger partial charge in [0.2, 0.25) is 0 Å². The Morgan fingerprint density at radius 3 is 2.74 bits per heavy atom. The molecule has 3 aromatic heterocycles. The zero-order chi connectivity index (χ0) is 23.9. The van der Waals surface area contributed by atoms with Crippen LogP contribution in [0.1, 0.15) is 33.2 Å². The summed E-state index contributed by atoms with van der Waals surface area (Å²) < 4.78 is 40.6. The van der Waals surface area contributed by atoms with Gasteiger partial charge in [0.1, 0.15) is 11.4 Å². The summed E-state index contributed by atoms with van der Waals surface area (Å²) in [7, 11) is 0. The molecule has 3 N–H and O–H groups in total. The highest BCUT2D eigenvalue weighted by atomic mass is 19.4. The van der Waals surface area contributed by atoms with Crippen LogP contribution >= 0.6 is 0 Å². The number of benzene rings is 1. The molecule has 1 fully saturated rings. The minimum atomic E-state index is -4.47. The topological polar surface area (TPSA) is 95.6 Å². The van der Waals surface area contributed by atoms with E-state index < -0.39 is 29.6 Å². The molecular weight excluding hydrogens is 445 g/mol. The molecule has 7 nitrogen and oxygen atoms in total. The molecule has 2 atom stereocenters. The molecule has 1 amide bonds. The molecule has 174 valence electrons. The van der Waals surface area contributed by atoms with Gasteiger partial charge in [0.25, 0.3) is 5.91 Å². The normalized spacial score (nSPS) is 18.4. The molecule has 0 aliphatic carbocycles. The number of aromatic amines is 1. The maximum absolute atomic E-state index is 13.5. The van der Waals surface area contributed by atoms with Crippen LogP contribution in [0.25, 0.3) is 22.2 Å². The molecular formula is C24H21F3N6O. The minimum Gasteiger partial charge on any atom is -0.346 e. The number of hydrogen-bond donors (Lipinski definition) is 3. The second kappa shape index (κ2) is 8.53. The summed E-state index contributed by atoms with van der Waals surface area (Å²) in [5, 5.41) is 14.0. The first kappa shape index (κ1) is 22.0. The predicted octanol–water partition coefficient (Wildman–Crippen LogP) is 3.83. The molecule has 1 saturated heterocycles. The van der Waals surface area contributed by atoms with Crippen LogP contribution in [0.5, 0.6) is 0 Å². The largest absolute Gasteiger partial charge is 0.416 e. The molecule has 1 aromatic carbocycles.